The van der Waals surface area contributed by atoms with Crippen molar-refractivity contribution in [3.05, 3.63) is 0 Å². The second kappa shape index (κ2) is 6.36. The van der Waals surface area contributed by atoms with Gasteiger partial charge >= 0.3 is 0 Å². The molecule has 0 bridgehead atoms. The first-order valence-electron chi connectivity index (χ1n) is 6.68. The third-order valence-corrected chi connectivity index (χ3v) is 4.23. The number of nitrogens with zero attached hydrogens (tertiary/aromatic N) is 1. The van der Waals surface area contributed by atoms with Gasteiger partial charge in [0, 0.05) is 18.5 Å². The van der Waals surface area contributed by atoms with Gasteiger partial charge in [0.15, 0.2) is 0 Å². The van der Waals surface area contributed by atoms with Crippen molar-refractivity contribution in [1.82, 2.24) is 10.2 Å². The summed E-state index contributed by atoms with van der Waals surface area (Å²) < 4.78 is 0. The molecule has 0 aliphatic heterocycles. The molecule has 0 spiro atoms. The van der Waals surface area contributed by atoms with E-state index in [1.54, 1.807) is 0 Å². The molecule has 1 amide bonds. The lowest BCUT2D eigenvalue weighted by Crippen LogP contribution is -2.57. The predicted octanol–water partition coefficient (Wildman–Crippen LogP) is 0.962. The Labute approximate surface area is 105 Å². The van der Waals surface area contributed by atoms with Gasteiger partial charge in [-0.2, -0.15) is 0 Å². The molecule has 1 atom stereocenters. The number of hydrogen-bond donors (Lipinski definition) is 2. The van der Waals surface area contributed by atoms with E-state index in [-0.39, 0.29) is 11.4 Å². The molecule has 17 heavy (non-hydrogen) atoms. The normalized spacial score (nSPS) is 19.8. The van der Waals surface area contributed by atoms with Crippen molar-refractivity contribution in [3.63, 3.8) is 0 Å². The zero-order valence-electron chi connectivity index (χ0n) is 11.5. The lowest BCUT2D eigenvalue weighted by molar-refractivity contribution is -0.123. The molecule has 0 aromatic rings. The lowest BCUT2D eigenvalue weighted by Gasteiger charge is -2.47. The molecular formula is C13H27N3O. The van der Waals surface area contributed by atoms with Crippen LogP contribution in [-0.2, 0) is 4.79 Å². The van der Waals surface area contributed by atoms with Gasteiger partial charge in [-0.25, -0.2) is 0 Å². The van der Waals surface area contributed by atoms with Gasteiger partial charge in [-0.15, -0.1) is 0 Å². The van der Waals surface area contributed by atoms with Crippen LogP contribution in [0.4, 0.5) is 0 Å². The molecule has 0 aromatic heterocycles. The first-order chi connectivity index (χ1) is 8.04. The monoisotopic (exact) mass is 241 g/mol. The third kappa shape index (κ3) is 3.68. The maximum atomic E-state index is 11.8. The van der Waals surface area contributed by atoms with E-state index in [4.69, 9.17) is 5.73 Å². The van der Waals surface area contributed by atoms with Crippen molar-refractivity contribution in [3.8, 4) is 0 Å². The number of rotatable bonds is 7. The Morgan fingerprint density at radius 3 is 2.47 bits per heavy atom. The molecule has 100 valence electrons. The summed E-state index contributed by atoms with van der Waals surface area (Å²) in [6.07, 6.45) is 5.19. The van der Waals surface area contributed by atoms with Gasteiger partial charge in [-0.3, -0.25) is 4.79 Å². The number of nitrogens with two attached hydrogens (primary N) is 1. The topological polar surface area (TPSA) is 58.4 Å². The Kier molecular flexibility index (Phi) is 5.40. The molecule has 1 saturated carbocycles. The number of likely N-dealkylation sites (N-methyl/N-ethyl adjacent to an activating group) is 1. The summed E-state index contributed by atoms with van der Waals surface area (Å²) in [6, 6.07) is 0. The minimum Gasteiger partial charge on any atom is -0.354 e. The first-order valence-corrected chi connectivity index (χ1v) is 6.68. The Hall–Kier alpha value is -0.610. The summed E-state index contributed by atoms with van der Waals surface area (Å²) in [5.41, 5.74) is 5.82. The second-order valence-electron chi connectivity index (χ2n) is 5.46. The van der Waals surface area contributed by atoms with Crippen LogP contribution in [-0.4, -0.2) is 43.5 Å². The van der Waals surface area contributed by atoms with E-state index in [0.717, 1.165) is 13.0 Å². The van der Waals surface area contributed by atoms with Crippen LogP contribution in [0.5, 0.6) is 0 Å². The smallest absolute Gasteiger partial charge is 0.220 e. The molecular weight excluding hydrogens is 214 g/mol. The van der Waals surface area contributed by atoms with Crippen molar-refractivity contribution in [2.75, 3.05) is 27.2 Å². The molecule has 0 aromatic carbocycles. The average Bonchev–Trinajstić information content (AvgIpc) is 2.23. The van der Waals surface area contributed by atoms with E-state index in [1.165, 1.54) is 19.3 Å². The molecule has 0 heterocycles. The highest BCUT2D eigenvalue weighted by molar-refractivity contribution is 5.76. The number of nitrogens with one attached hydrogen (secondary N) is 1. The van der Waals surface area contributed by atoms with Gasteiger partial charge < -0.3 is 16.0 Å². The Morgan fingerprint density at radius 1 is 1.47 bits per heavy atom. The van der Waals surface area contributed by atoms with E-state index >= 15 is 0 Å². The van der Waals surface area contributed by atoms with Crippen LogP contribution < -0.4 is 11.1 Å². The van der Waals surface area contributed by atoms with Crippen LogP contribution in [0.1, 0.15) is 39.0 Å². The fourth-order valence-corrected chi connectivity index (χ4v) is 2.36. The van der Waals surface area contributed by atoms with E-state index in [1.807, 2.05) is 0 Å². The highest BCUT2D eigenvalue weighted by Gasteiger charge is 2.39. The summed E-state index contributed by atoms with van der Waals surface area (Å²) in [5, 5.41) is 3.07. The zero-order valence-corrected chi connectivity index (χ0v) is 11.5. The van der Waals surface area contributed by atoms with Gasteiger partial charge in [-0.05, 0) is 45.8 Å². The molecule has 4 nitrogen and oxygen atoms in total. The fraction of sp³-hybridized carbons (Fsp3) is 0.923. The van der Waals surface area contributed by atoms with Crippen LogP contribution in [0, 0.1) is 5.92 Å². The van der Waals surface area contributed by atoms with Crippen LogP contribution in [0.15, 0.2) is 0 Å². The van der Waals surface area contributed by atoms with Crippen LogP contribution in [0.25, 0.3) is 0 Å². The molecule has 4 heteroatoms. The predicted molar refractivity (Wildman–Crippen MR) is 70.7 cm³/mol. The molecule has 1 aliphatic rings. The maximum absolute atomic E-state index is 11.8. The standard InChI is InChI=1S/C13H27N3O/c1-4-11(9-14)8-12(17)15-10-13(16(2)3)6-5-7-13/h11H,4-10,14H2,1-3H3,(H,15,17). The number of carbonyl (C=O) groups is 1. The van der Waals surface area contributed by atoms with E-state index < -0.39 is 0 Å². The quantitative estimate of drug-likeness (QED) is 0.698. The van der Waals surface area contributed by atoms with Crippen molar-refractivity contribution in [2.45, 2.75) is 44.6 Å². The van der Waals surface area contributed by atoms with Crippen molar-refractivity contribution in [2.24, 2.45) is 11.7 Å². The van der Waals surface area contributed by atoms with Gasteiger partial charge in [0.2, 0.25) is 5.91 Å². The summed E-state index contributed by atoms with van der Waals surface area (Å²) >= 11 is 0. The minimum atomic E-state index is 0.149. The maximum Gasteiger partial charge on any atom is 0.220 e. The van der Waals surface area contributed by atoms with Crippen molar-refractivity contribution >= 4 is 5.91 Å². The van der Waals surface area contributed by atoms with Crippen LogP contribution in [0.3, 0.4) is 0 Å². The molecule has 1 fully saturated rings. The summed E-state index contributed by atoms with van der Waals surface area (Å²) in [4.78, 5) is 14.0. The number of hydrogen-bond acceptors (Lipinski definition) is 3. The molecule has 1 aliphatic carbocycles. The van der Waals surface area contributed by atoms with E-state index in [9.17, 15) is 4.79 Å². The van der Waals surface area contributed by atoms with Crippen LogP contribution >= 0.6 is 0 Å². The fourth-order valence-electron chi connectivity index (χ4n) is 2.36. The lowest BCUT2D eigenvalue weighted by atomic mass is 9.75. The number of carbonyl (C=O) groups excluding carboxylic acids is 1. The van der Waals surface area contributed by atoms with Crippen LogP contribution in [0.2, 0.25) is 0 Å². The minimum absolute atomic E-state index is 0.149. The Morgan fingerprint density at radius 2 is 2.12 bits per heavy atom. The third-order valence-electron chi connectivity index (χ3n) is 4.23. The first kappa shape index (κ1) is 14.5. The van der Waals surface area contributed by atoms with Crippen molar-refractivity contribution in [1.29, 1.82) is 0 Å². The highest BCUT2D eigenvalue weighted by Crippen LogP contribution is 2.35. The molecule has 1 rings (SSSR count). The highest BCUT2D eigenvalue weighted by atomic mass is 16.1. The average molecular weight is 241 g/mol. The van der Waals surface area contributed by atoms with E-state index in [2.05, 4.69) is 31.2 Å². The summed E-state index contributed by atoms with van der Waals surface area (Å²) in [5.74, 6) is 0.474. The molecule has 1 unspecified atom stereocenters. The van der Waals surface area contributed by atoms with Gasteiger partial charge in [-0.1, -0.05) is 13.3 Å². The molecule has 3 N–H and O–H groups in total. The van der Waals surface area contributed by atoms with Gasteiger partial charge in [0.25, 0.3) is 0 Å². The molecule has 0 radical (unpaired) electrons. The Bertz CT molecular complexity index is 245. The zero-order chi connectivity index (χ0) is 12.9. The second-order valence-corrected chi connectivity index (χ2v) is 5.46. The van der Waals surface area contributed by atoms with Gasteiger partial charge in [0.05, 0.1) is 0 Å². The molecule has 0 saturated heterocycles. The largest absolute Gasteiger partial charge is 0.354 e. The SMILES string of the molecule is CCC(CN)CC(=O)NCC1(N(C)C)CCC1. The van der Waals surface area contributed by atoms with E-state index in [0.29, 0.717) is 18.9 Å². The summed E-state index contributed by atoms with van der Waals surface area (Å²) in [7, 11) is 4.19. The summed E-state index contributed by atoms with van der Waals surface area (Å²) in [6.45, 7) is 3.46. The van der Waals surface area contributed by atoms with Crippen molar-refractivity contribution < 1.29 is 4.79 Å². The Balaban J connectivity index is 2.32. The number of amides is 1. The van der Waals surface area contributed by atoms with Gasteiger partial charge in [0.1, 0.15) is 0 Å².